The van der Waals surface area contributed by atoms with Crippen LogP contribution in [0.3, 0.4) is 0 Å². The summed E-state index contributed by atoms with van der Waals surface area (Å²) in [6.45, 7) is 20.0. The molecule has 0 aliphatic rings. The first-order valence-corrected chi connectivity index (χ1v) is 13.8. The highest BCUT2D eigenvalue weighted by Crippen LogP contribution is 2.40. The Morgan fingerprint density at radius 2 is 0.708 bits per heavy atom. The summed E-state index contributed by atoms with van der Waals surface area (Å²) in [5, 5.41) is 0. The van der Waals surface area contributed by atoms with E-state index in [0.29, 0.717) is 11.1 Å². The van der Waals surface area contributed by atoms with Gasteiger partial charge in [-0.25, -0.2) is 19.2 Å². The van der Waals surface area contributed by atoms with Crippen LogP contribution in [0.15, 0.2) is 135 Å². The number of hydrogen-bond donors (Lipinski definition) is 0. The van der Waals surface area contributed by atoms with Gasteiger partial charge in [0.25, 0.3) is 0 Å². The molecule has 2 aromatic carbocycles. The molecule has 0 amide bonds. The molecule has 0 heterocycles. The fourth-order valence-corrected chi connectivity index (χ4v) is 2.97. The van der Waals surface area contributed by atoms with Crippen LogP contribution >= 0.6 is 0 Å². The highest BCUT2D eigenvalue weighted by molar-refractivity contribution is 5.88. The van der Waals surface area contributed by atoms with Crippen molar-refractivity contribution in [1.82, 2.24) is 0 Å². The molecule has 2 aromatic rings. The second kappa shape index (κ2) is 19.1. The van der Waals surface area contributed by atoms with Gasteiger partial charge < -0.3 is 37.9 Å². The Bertz CT molecular complexity index is 1580. The topological polar surface area (TPSA) is 142 Å². The molecular formula is C36H34O12. The molecule has 0 radical (unpaired) electrons. The summed E-state index contributed by atoms with van der Waals surface area (Å²) >= 11 is 0. The maximum atomic E-state index is 11.8. The molecule has 2 rings (SSSR count). The van der Waals surface area contributed by atoms with Crippen LogP contribution in [-0.4, -0.2) is 23.9 Å². The highest BCUT2D eigenvalue weighted by atomic mass is 16.6. The molecule has 250 valence electrons. The minimum atomic E-state index is -0.657. The SMILES string of the molecule is C=C(C)C(=O)O/C=C/Oc1ccc(-c2ccc(O/C=C/OC(=O)C(=C)C)cc2O/C=C/OC(=O)C(=C)C)c(O/C=C/OC(=O)C(=C)C)c1. The molecule has 0 unspecified atom stereocenters. The molecule has 0 saturated carbocycles. The summed E-state index contributed by atoms with van der Waals surface area (Å²) in [5.74, 6) is -1.63. The fourth-order valence-electron chi connectivity index (χ4n) is 2.97. The Labute approximate surface area is 277 Å². The Morgan fingerprint density at radius 1 is 0.438 bits per heavy atom. The summed E-state index contributed by atoms with van der Waals surface area (Å²) in [5.41, 5.74) is 1.69. The van der Waals surface area contributed by atoms with Crippen LogP contribution < -0.4 is 18.9 Å². The van der Waals surface area contributed by atoms with Gasteiger partial charge in [0.1, 0.15) is 73.1 Å². The summed E-state index contributed by atoms with van der Waals surface area (Å²) in [6, 6.07) is 9.46. The van der Waals surface area contributed by atoms with E-state index in [0.717, 1.165) is 50.1 Å². The number of esters is 4. The van der Waals surface area contributed by atoms with E-state index in [9.17, 15) is 19.2 Å². The lowest BCUT2D eigenvalue weighted by atomic mass is 10.0. The van der Waals surface area contributed by atoms with Crippen LogP contribution in [0.4, 0.5) is 0 Å². The Balaban J connectivity index is 2.49. The van der Waals surface area contributed by atoms with Crippen molar-refractivity contribution < 1.29 is 57.1 Å². The molecule has 12 nitrogen and oxygen atoms in total. The number of benzene rings is 2. The van der Waals surface area contributed by atoms with E-state index in [1.165, 1.54) is 39.8 Å². The molecule has 12 heteroatoms. The molecule has 0 bridgehead atoms. The molecule has 48 heavy (non-hydrogen) atoms. The average Bonchev–Trinajstić information content (AvgIpc) is 3.04. The first-order chi connectivity index (χ1) is 22.8. The molecule has 0 atom stereocenters. The predicted octanol–water partition coefficient (Wildman–Crippen LogP) is 7.23. The standard InChI is InChI=1S/C36H34O12/c1-23(2)33(37)45-17-13-41-27-9-11-29(31(21-27)43-15-19-47-35(39)25(5)6)30-12-10-28(42-14-18-46-34(38)24(3)4)22-32(30)44-16-20-48-36(40)26(7)8/h9-22H,1,3,5,7H2,2,4,6,8H3/b17-13+,18-14+,19-15+,20-16+. The second-order valence-corrected chi connectivity index (χ2v) is 9.62. The van der Waals surface area contributed by atoms with Gasteiger partial charge >= 0.3 is 23.9 Å². The van der Waals surface area contributed by atoms with Crippen molar-refractivity contribution in [3.63, 3.8) is 0 Å². The summed E-state index contributed by atoms with van der Waals surface area (Å²) in [7, 11) is 0. The van der Waals surface area contributed by atoms with Gasteiger partial charge in [-0.2, -0.15) is 0 Å². The summed E-state index contributed by atoms with van der Waals surface area (Å²) in [6.07, 6.45) is 8.70. The van der Waals surface area contributed by atoms with Crippen molar-refractivity contribution in [3.05, 3.63) is 135 Å². The van der Waals surface area contributed by atoms with Gasteiger partial charge in [0.15, 0.2) is 0 Å². The Morgan fingerprint density at radius 3 is 0.979 bits per heavy atom. The first kappa shape index (κ1) is 37.6. The largest absolute Gasteiger partial charge is 0.462 e. The van der Waals surface area contributed by atoms with E-state index in [1.54, 1.807) is 24.3 Å². The van der Waals surface area contributed by atoms with Crippen molar-refractivity contribution in [1.29, 1.82) is 0 Å². The lowest BCUT2D eigenvalue weighted by Crippen LogP contribution is -2.00. The third-order valence-corrected chi connectivity index (χ3v) is 5.31. The lowest BCUT2D eigenvalue weighted by molar-refractivity contribution is -0.134. The zero-order chi connectivity index (χ0) is 35.6. The van der Waals surface area contributed by atoms with Crippen molar-refractivity contribution in [2.45, 2.75) is 27.7 Å². The van der Waals surface area contributed by atoms with Gasteiger partial charge in [-0.15, -0.1) is 0 Å². The van der Waals surface area contributed by atoms with Crippen LogP contribution in [-0.2, 0) is 38.1 Å². The van der Waals surface area contributed by atoms with Gasteiger partial charge in [0.05, 0.1) is 0 Å². The van der Waals surface area contributed by atoms with Gasteiger partial charge in [-0.1, -0.05) is 26.3 Å². The van der Waals surface area contributed by atoms with E-state index >= 15 is 0 Å². The molecule has 0 aliphatic heterocycles. The number of ether oxygens (including phenoxy) is 8. The van der Waals surface area contributed by atoms with Gasteiger partial charge in [0.2, 0.25) is 0 Å². The second-order valence-electron chi connectivity index (χ2n) is 9.62. The van der Waals surface area contributed by atoms with Gasteiger partial charge in [0, 0.05) is 45.6 Å². The van der Waals surface area contributed by atoms with Gasteiger partial charge in [-0.3, -0.25) is 0 Å². The first-order valence-electron chi connectivity index (χ1n) is 13.8. The summed E-state index contributed by atoms with van der Waals surface area (Å²) in [4.78, 5) is 46.8. The highest BCUT2D eigenvalue weighted by Gasteiger charge is 2.15. The molecule has 0 saturated heterocycles. The van der Waals surface area contributed by atoms with Crippen LogP contribution in [0.25, 0.3) is 11.1 Å². The van der Waals surface area contributed by atoms with Crippen molar-refractivity contribution in [2.24, 2.45) is 0 Å². The summed E-state index contributed by atoms with van der Waals surface area (Å²) < 4.78 is 42.3. The van der Waals surface area contributed by atoms with Gasteiger partial charge in [-0.05, 0) is 52.0 Å². The van der Waals surface area contributed by atoms with Crippen LogP contribution in [0.5, 0.6) is 23.0 Å². The molecule has 0 aromatic heterocycles. The normalized spacial score (nSPS) is 10.8. The zero-order valence-corrected chi connectivity index (χ0v) is 26.8. The lowest BCUT2D eigenvalue weighted by Gasteiger charge is -2.15. The molecule has 0 aliphatic carbocycles. The minimum absolute atomic E-state index is 0.185. The smallest absolute Gasteiger partial charge is 0.338 e. The maximum Gasteiger partial charge on any atom is 0.338 e. The van der Waals surface area contributed by atoms with Crippen molar-refractivity contribution in [3.8, 4) is 34.1 Å². The Hall–Kier alpha value is -6.56. The molecule has 0 N–H and O–H groups in total. The minimum Gasteiger partial charge on any atom is -0.462 e. The van der Waals surface area contributed by atoms with E-state index in [-0.39, 0.29) is 45.3 Å². The third-order valence-electron chi connectivity index (χ3n) is 5.31. The molecule has 0 spiro atoms. The third kappa shape index (κ3) is 12.8. The van der Waals surface area contributed by atoms with E-state index in [1.807, 2.05) is 0 Å². The van der Waals surface area contributed by atoms with Crippen molar-refractivity contribution in [2.75, 3.05) is 0 Å². The number of hydrogen-bond acceptors (Lipinski definition) is 12. The number of carbonyl (C=O) groups is 4. The monoisotopic (exact) mass is 658 g/mol. The van der Waals surface area contributed by atoms with E-state index < -0.39 is 23.9 Å². The molecular weight excluding hydrogens is 624 g/mol. The molecule has 0 fully saturated rings. The average molecular weight is 659 g/mol. The van der Waals surface area contributed by atoms with Crippen LogP contribution in [0.2, 0.25) is 0 Å². The van der Waals surface area contributed by atoms with E-state index in [4.69, 9.17) is 37.9 Å². The number of carbonyl (C=O) groups excluding carboxylic acids is 4. The van der Waals surface area contributed by atoms with Crippen molar-refractivity contribution >= 4 is 23.9 Å². The van der Waals surface area contributed by atoms with Crippen LogP contribution in [0, 0.1) is 0 Å². The number of rotatable bonds is 17. The predicted molar refractivity (Wildman–Crippen MR) is 175 cm³/mol. The Kier molecular flexibility index (Phi) is 14.9. The fraction of sp³-hybridized carbons (Fsp3) is 0.111. The zero-order valence-electron chi connectivity index (χ0n) is 26.8. The quantitative estimate of drug-likeness (QED) is 0.0732. The van der Waals surface area contributed by atoms with E-state index in [2.05, 4.69) is 26.3 Å². The van der Waals surface area contributed by atoms with Crippen LogP contribution in [0.1, 0.15) is 27.7 Å². The maximum absolute atomic E-state index is 11.8.